The number of anilines is 1. The summed E-state index contributed by atoms with van der Waals surface area (Å²) in [6, 6.07) is 5.67. The lowest BCUT2D eigenvalue weighted by Crippen LogP contribution is -2.48. The van der Waals surface area contributed by atoms with E-state index in [0.717, 1.165) is 5.69 Å². The molecular weight excluding hydrogens is 306 g/mol. The molecule has 1 aliphatic rings. The van der Waals surface area contributed by atoms with Crippen molar-refractivity contribution in [1.29, 1.82) is 0 Å². The molecule has 3 rings (SSSR count). The number of nitrogens with one attached hydrogen (secondary N) is 2. The molecule has 0 aliphatic heterocycles. The zero-order valence-corrected chi connectivity index (χ0v) is 13.5. The molecule has 1 aliphatic carbocycles. The average Bonchev–Trinajstić information content (AvgIpc) is 2.59. The van der Waals surface area contributed by atoms with Gasteiger partial charge in [-0.05, 0) is 30.9 Å². The van der Waals surface area contributed by atoms with Gasteiger partial charge in [0.05, 0.1) is 11.7 Å². The normalized spacial score (nSPS) is 20.8. The van der Waals surface area contributed by atoms with E-state index in [0.29, 0.717) is 30.8 Å². The number of carbonyl (C=O) groups is 1. The van der Waals surface area contributed by atoms with Crippen LogP contribution >= 0.6 is 0 Å². The molecule has 1 atom stereocenters. The number of aliphatic hydroxyl groups is 1. The van der Waals surface area contributed by atoms with Gasteiger partial charge < -0.3 is 15.7 Å². The number of pyridine rings is 1. The highest BCUT2D eigenvalue weighted by Gasteiger charge is 2.35. The Balaban J connectivity index is 1.69. The molecule has 0 saturated heterocycles. The largest absolute Gasteiger partial charge is 0.393 e. The summed E-state index contributed by atoms with van der Waals surface area (Å²) in [6.45, 7) is 0. The van der Waals surface area contributed by atoms with Gasteiger partial charge in [-0.15, -0.1) is 0 Å². The number of amides is 1. The lowest BCUT2D eigenvalue weighted by Gasteiger charge is -2.38. The van der Waals surface area contributed by atoms with Gasteiger partial charge >= 0.3 is 0 Å². The Bertz CT molecular complexity index is 671. The third-order valence-corrected chi connectivity index (χ3v) is 4.33. The molecule has 7 heteroatoms. The van der Waals surface area contributed by atoms with Crippen LogP contribution in [0.4, 0.5) is 5.95 Å². The fraction of sp³-hybridized carbons (Fsp3) is 0.412. The molecule has 2 aromatic rings. The number of nitrogens with zero attached hydrogens (tertiary/aromatic N) is 3. The molecule has 3 N–H and O–H groups in total. The van der Waals surface area contributed by atoms with Gasteiger partial charge in [0.1, 0.15) is 0 Å². The van der Waals surface area contributed by atoms with Crippen molar-refractivity contribution in [2.24, 2.45) is 5.92 Å². The summed E-state index contributed by atoms with van der Waals surface area (Å²) in [4.78, 5) is 24.9. The zero-order valence-electron chi connectivity index (χ0n) is 13.5. The van der Waals surface area contributed by atoms with Gasteiger partial charge in [-0.25, -0.2) is 9.97 Å². The summed E-state index contributed by atoms with van der Waals surface area (Å²) in [6.07, 6.45) is 6.52. The molecule has 2 aromatic heterocycles. The fourth-order valence-electron chi connectivity index (χ4n) is 2.86. The number of hydrogen-bond donors (Lipinski definition) is 3. The highest BCUT2D eigenvalue weighted by Crippen LogP contribution is 2.31. The van der Waals surface area contributed by atoms with Gasteiger partial charge in [-0.2, -0.15) is 0 Å². The predicted octanol–water partition coefficient (Wildman–Crippen LogP) is 1.03. The van der Waals surface area contributed by atoms with Crippen molar-refractivity contribution in [3.05, 3.63) is 48.0 Å². The van der Waals surface area contributed by atoms with Crippen LogP contribution in [0, 0.1) is 5.92 Å². The maximum Gasteiger partial charge on any atom is 0.254 e. The molecule has 1 unspecified atom stereocenters. The van der Waals surface area contributed by atoms with E-state index >= 15 is 0 Å². The lowest BCUT2D eigenvalue weighted by atomic mass is 9.76. The highest BCUT2D eigenvalue weighted by molar-refractivity contribution is 5.93. The molecule has 0 aromatic carbocycles. The van der Waals surface area contributed by atoms with Crippen LogP contribution in [0.2, 0.25) is 0 Å². The fourth-order valence-corrected chi connectivity index (χ4v) is 2.86. The SMILES string of the molecule is CNc1ncc(C(=O)NC(Cc2ccccn2)C2CC(O)C2)cn1. The minimum atomic E-state index is -0.267. The minimum Gasteiger partial charge on any atom is -0.393 e. The highest BCUT2D eigenvalue weighted by atomic mass is 16.3. The Morgan fingerprint density at radius 2 is 2.04 bits per heavy atom. The Hall–Kier alpha value is -2.54. The van der Waals surface area contributed by atoms with Crippen LogP contribution in [0.5, 0.6) is 0 Å². The van der Waals surface area contributed by atoms with Crippen molar-refractivity contribution in [3.8, 4) is 0 Å². The molecule has 1 fully saturated rings. The number of aromatic nitrogens is 3. The summed E-state index contributed by atoms with van der Waals surface area (Å²) in [5.74, 6) is 0.516. The number of hydrogen-bond acceptors (Lipinski definition) is 6. The summed E-state index contributed by atoms with van der Waals surface area (Å²) < 4.78 is 0. The van der Waals surface area contributed by atoms with Crippen molar-refractivity contribution < 1.29 is 9.90 Å². The van der Waals surface area contributed by atoms with Crippen LogP contribution in [0.15, 0.2) is 36.8 Å². The maximum absolute atomic E-state index is 12.5. The Labute approximate surface area is 140 Å². The second-order valence-corrected chi connectivity index (χ2v) is 6.04. The molecule has 0 spiro atoms. The number of aliphatic hydroxyl groups excluding tert-OH is 1. The molecule has 126 valence electrons. The van der Waals surface area contributed by atoms with Gasteiger partial charge in [0.25, 0.3) is 5.91 Å². The van der Waals surface area contributed by atoms with Crippen molar-refractivity contribution in [1.82, 2.24) is 20.3 Å². The summed E-state index contributed by atoms with van der Waals surface area (Å²) in [5.41, 5.74) is 1.34. The van der Waals surface area contributed by atoms with Crippen molar-refractivity contribution in [2.45, 2.75) is 31.4 Å². The van der Waals surface area contributed by atoms with Crippen LogP contribution in [0.3, 0.4) is 0 Å². The van der Waals surface area contributed by atoms with E-state index in [1.807, 2.05) is 18.2 Å². The molecule has 1 saturated carbocycles. The first-order chi connectivity index (χ1) is 11.7. The average molecular weight is 327 g/mol. The first-order valence-electron chi connectivity index (χ1n) is 8.04. The summed E-state index contributed by atoms with van der Waals surface area (Å²) in [5, 5.41) is 15.5. The number of rotatable bonds is 6. The molecule has 7 nitrogen and oxygen atoms in total. The van der Waals surface area contributed by atoms with E-state index in [9.17, 15) is 9.90 Å². The van der Waals surface area contributed by atoms with Crippen molar-refractivity contribution in [2.75, 3.05) is 12.4 Å². The second kappa shape index (κ2) is 7.35. The minimum absolute atomic E-state index is 0.0697. The van der Waals surface area contributed by atoms with Crippen LogP contribution in [-0.4, -0.2) is 45.2 Å². The van der Waals surface area contributed by atoms with E-state index in [1.54, 1.807) is 13.2 Å². The van der Waals surface area contributed by atoms with E-state index < -0.39 is 0 Å². The van der Waals surface area contributed by atoms with Crippen LogP contribution in [-0.2, 0) is 6.42 Å². The van der Waals surface area contributed by atoms with E-state index in [2.05, 4.69) is 25.6 Å². The standard InChI is InChI=1S/C17H21N5O2/c1-18-17-20-9-12(10-21-17)16(24)22-15(11-6-14(23)7-11)8-13-4-2-3-5-19-13/h2-5,9-11,14-15,23H,6-8H2,1H3,(H,22,24)(H,18,20,21). The zero-order chi connectivity index (χ0) is 16.9. The summed E-state index contributed by atoms with van der Waals surface area (Å²) >= 11 is 0. The van der Waals surface area contributed by atoms with Gasteiger partial charge in [-0.1, -0.05) is 6.07 Å². The van der Waals surface area contributed by atoms with Crippen LogP contribution in [0.1, 0.15) is 28.9 Å². The Kier molecular flexibility index (Phi) is 5.00. The van der Waals surface area contributed by atoms with E-state index in [4.69, 9.17) is 0 Å². The monoisotopic (exact) mass is 327 g/mol. The van der Waals surface area contributed by atoms with Crippen LogP contribution < -0.4 is 10.6 Å². The molecule has 2 heterocycles. The van der Waals surface area contributed by atoms with E-state index in [1.165, 1.54) is 12.4 Å². The van der Waals surface area contributed by atoms with Crippen LogP contribution in [0.25, 0.3) is 0 Å². The number of carbonyl (C=O) groups excluding carboxylic acids is 1. The van der Waals surface area contributed by atoms with E-state index in [-0.39, 0.29) is 24.0 Å². The Morgan fingerprint density at radius 3 is 2.62 bits per heavy atom. The Morgan fingerprint density at radius 1 is 1.29 bits per heavy atom. The van der Waals surface area contributed by atoms with Gasteiger partial charge in [0, 0.05) is 43.8 Å². The maximum atomic E-state index is 12.5. The van der Waals surface area contributed by atoms with Crippen molar-refractivity contribution >= 4 is 11.9 Å². The van der Waals surface area contributed by atoms with Gasteiger partial charge in [-0.3, -0.25) is 9.78 Å². The molecule has 0 bridgehead atoms. The molecule has 0 radical (unpaired) electrons. The third-order valence-electron chi connectivity index (χ3n) is 4.33. The third kappa shape index (κ3) is 3.86. The van der Waals surface area contributed by atoms with Gasteiger partial charge in [0.15, 0.2) is 0 Å². The molecule has 24 heavy (non-hydrogen) atoms. The lowest BCUT2D eigenvalue weighted by molar-refractivity contribution is 0.0237. The van der Waals surface area contributed by atoms with Gasteiger partial charge in [0.2, 0.25) is 5.95 Å². The van der Waals surface area contributed by atoms with Crippen molar-refractivity contribution in [3.63, 3.8) is 0 Å². The first-order valence-corrected chi connectivity index (χ1v) is 8.04. The molecule has 1 amide bonds. The second-order valence-electron chi connectivity index (χ2n) is 6.04. The topological polar surface area (TPSA) is 100 Å². The molecular formula is C17H21N5O2. The summed E-state index contributed by atoms with van der Waals surface area (Å²) in [7, 11) is 1.72. The predicted molar refractivity (Wildman–Crippen MR) is 89.5 cm³/mol. The smallest absolute Gasteiger partial charge is 0.254 e. The quantitative estimate of drug-likeness (QED) is 0.732. The first kappa shape index (κ1) is 16.3.